The second kappa shape index (κ2) is 5.17. The quantitative estimate of drug-likeness (QED) is 0.823. The lowest BCUT2D eigenvalue weighted by atomic mass is 9.98. The van der Waals surface area contributed by atoms with E-state index in [-0.39, 0.29) is 0 Å². The molecule has 1 aromatic rings. The van der Waals surface area contributed by atoms with Crippen molar-refractivity contribution in [3.63, 3.8) is 0 Å². The van der Waals surface area contributed by atoms with Crippen LogP contribution in [0.5, 0.6) is 5.75 Å². The summed E-state index contributed by atoms with van der Waals surface area (Å²) in [6.07, 6.45) is 0.598. The third-order valence-corrected chi connectivity index (χ3v) is 2.46. The van der Waals surface area contributed by atoms with Gasteiger partial charge in [0.2, 0.25) is 0 Å². The van der Waals surface area contributed by atoms with E-state index in [4.69, 9.17) is 4.74 Å². The largest absolute Gasteiger partial charge is 0.494 e. The molecule has 1 N–H and O–H groups in total. The average molecular weight is 208 g/mol. The van der Waals surface area contributed by atoms with Crippen molar-refractivity contribution >= 4 is 0 Å². The van der Waals surface area contributed by atoms with Crippen LogP contribution in [0.15, 0.2) is 12.1 Å². The molecule has 1 atom stereocenters. The number of benzene rings is 1. The average Bonchev–Trinajstić information content (AvgIpc) is 2.12. The summed E-state index contributed by atoms with van der Waals surface area (Å²) in [5.41, 5.74) is 3.20. The highest BCUT2D eigenvalue weighted by Crippen LogP contribution is 2.26. The maximum absolute atomic E-state index is 9.61. The van der Waals surface area contributed by atoms with E-state index < -0.39 is 6.10 Å². The van der Waals surface area contributed by atoms with Crippen molar-refractivity contribution in [1.82, 2.24) is 0 Å². The molecule has 0 aliphatic carbocycles. The molecule has 0 amide bonds. The van der Waals surface area contributed by atoms with Crippen molar-refractivity contribution in [3.8, 4) is 5.75 Å². The van der Waals surface area contributed by atoms with Gasteiger partial charge in [-0.05, 0) is 56.0 Å². The van der Waals surface area contributed by atoms with Gasteiger partial charge in [-0.2, -0.15) is 0 Å². The molecule has 0 radical (unpaired) electrons. The van der Waals surface area contributed by atoms with E-state index in [1.807, 2.05) is 26.0 Å². The molecule has 0 aliphatic heterocycles. The molecule has 0 fully saturated rings. The zero-order chi connectivity index (χ0) is 11.4. The molecule has 15 heavy (non-hydrogen) atoms. The van der Waals surface area contributed by atoms with Crippen LogP contribution in [0.2, 0.25) is 0 Å². The number of ether oxygens (including phenoxy) is 1. The topological polar surface area (TPSA) is 29.5 Å². The summed E-state index contributed by atoms with van der Waals surface area (Å²) in [6, 6.07) is 3.98. The molecular weight excluding hydrogens is 188 g/mol. The lowest BCUT2D eigenvalue weighted by Crippen LogP contribution is -2.01. The molecule has 84 valence electrons. The van der Waals surface area contributed by atoms with Crippen molar-refractivity contribution in [2.24, 2.45) is 0 Å². The van der Waals surface area contributed by atoms with Crippen molar-refractivity contribution in [3.05, 3.63) is 28.8 Å². The van der Waals surface area contributed by atoms with E-state index in [1.54, 1.807) is 6.92 Å². The first-order valence-corrected chi connectivity index (χ1v) is 5.48. The van der Waals surface area contributed by atoms with Gasteiger partial charge in [0.25, 0.3) is 0 Å². The van der Waals surface area contributed by atoms with Gasteiger partial charge < -0.3 is 9.84 Å². The minimum atomic E-state index is -0.412. The van der Waals surface area contributed by atoms with E-state index in [1.165, 1.54) is 0 Å². The maximum atomic E-state index is 9.61. The van der Waals surface area contributed by atoms with Crippen molar-refractivity contribution in [2.75, 3.05) is 6.61 Å². The molecule has 2 nitrogen and oxygen atoms in total. The van der Waals surface area contributed by atoms with E-state index in [0.717, 1.165) is 35.5 Å². The normalized spacial score (nSPS) is 12.6. The molecule has 1 rings (SSSR count). The van der Waals surface area contributed by atoms with Crippen molar-refractivity contribution < 1.29 is 9.84 Å². The number of hydrogen-bond donors (Lipinski definition) is 1. The number of aliphatic hydroxyl groups is 1. The standard InChI is InChI=1S/C13H20O2/c1-5-6-15-12-7-9(2)13(11(4)14)10(3)8-12/h7-8,11,14H,5-6H2,1-4H3/t11-/m1/s1. The van der Waals surface area contributed by atoms with E-state index in [2.05, 4.69) is 6.92 Å². The molecular formula is C13H20O2. The fourth-order valence-electron chi connectivity index (χ4n) is 1.90. The molecule has 0 bridgehead atoms. The fraction of sp³-hybridized carbons (Fsp3) is 0.538. The van der Waals surface area contributed by atoms with Gasteiger partial charge >= 0.3 is 0 Å². The first-order valence-electron chi connectivity index (χ1n) is 5.48. The Morgan fingerprint density at radius 1 is 1.27 bits per heavy atom. The lowest BCUT2D eigenvalue weighted by Gasteiger charge is -2.15. The monoisotopic (exact) mass is 208 g/mol. The van der Waals surface area contributed by atoms with Crippen LogP contribution in [0.4, 0.5) is 0 Å². The Balaban J connectivity index is 2.97. The highest BCUT2D eigenvalue weighted by molar-refractivity contribution is 5.42. The minimum absolute atomic E-state index is 0.412. The van der Waals surface area contributed by atoms with Gasteiger partial charge in [0.1, 0.15) is 5.75 Å². The van der Waals surface area contributed by atoms with Gasteiger partial charge in [-0.1, -0.05) is 6.92 Å². The predicted octanol–water partition coefficient (Wildman–Crippen LogP) is 3.15. The summed E-state index contributed by atoms with van der Waals surface area (Å²) < 4.78 is 5.57. The van der Waals surface area contributed by atoms with Gasteiger partial charge in [-0.15, -0.1) is 0 Å². The Kier molecular flexibility index (Phi) is 4.15. The first-order chi connectivity index (χ1) is 7.06. The number of rotatable bonds is 4. The highest BCUT2D eigenvalue weighted by Gasteiger charge is 2.10. The van der Waals surface area contributed by atoms with E-state index >= 15 is 0 Å². The zero-order valence-corrected chi connectivity index (χ0v) is 10.0. The van der Waals surface area contributed by atoms with Crippen LogP contribution >= 0.6 is 0 Å². The lowest BCUT2D eigenvalue weighted by molar-refractivity contribution is 0.197. The molecule has 0 unspecified atom stereocenters. The predicted molar refractivity (Wildman–Crippen MR) is 62.3 cm³/mol. The Bertz CT molecular complexity index is 306. The second-order valence-corrected chi connectivity index (χ2v) is 4.00. The van der Waals surface area contributed by atoms with Crippen LogP contribution in [0, 0.1) is 13.8 Å². The third kappa shape index (κ3) is 2.96. The third-order valence-electron chi connectivity index (χ3n) is 2.46. The molecule has 2 heteroatoms. The number of hydrogen-bond acceptors (Lipinski definition) is 2. The Hall–Kier alpha value is -1.02. The first kappa shape index (κ1) is 12.1. The molecule has 0 saturated carbocycles. The van der Waals surface area contributed by atoms with Gasteiger partial charge in [-0.3, -0.25) is 0 Å². The zero-order valence-electron chi connectivity index (χ0n) is 10.0. The van der Waals surface area contributed by atoms with Crippen LogP contribution in [-0.4, -0.2) is 11.7 Å². The molecule has 0 saturated heterocycles. The minimum Gasteiger partial charge on any atom is -0.494 e. The molecule has 0 heterocycles. The van der Waals surface area contributed by atoms with Gasteiger partial charge in [0.05, 0.1) is 12.7 Å². The molecule has 0 aromatic heterocycles. The summed E-state index contributed by atoms with van der Waals surface area (Å²) in [5.74, 6) is 0.899. The van der Waals surface area contributed by atoms with Crippen LogP contribution in [0.3, 0.4) is 0 Å². The maximum Gasteiger partial charge on any atom is 0.119 e. The second-order valence-electron chi connectivity index (χ2n) is 4.00. The number of aliphatic hydroxyl groups excluding tert-OH is 1. The summed E-state index contributed by atoms with van der Waals surface area (Å²) in [5, 5.41) is 9.61. The van der Waals surface area contributed by atoms with Gasteiger partial charge in [-0.25, -0.2) is 0 Å². The summed E-state index contributed by atoms with van der Waals surface area (Å²) >= 11 is 0. The van der Waals surface area contributed by atoms with Crippen LogP contribution in [0.1, 0.15) is 43.1 Å². The van der Waals surface area contributed by atoms with Gasteiger partial charge in [0, 0.05) is 0 Å². The van der Waals surface area contributed by atoms with Crippen molar-refractivity contribution in [1.29, 1.82) is 0 Å². The Morgan fingerprint density at radius 2 is 1.80 bits per heavy atom. The van der Waals surface area contributed by atoms with E-state index in [9.17, 15) is 5.11 Å². The Morgan fingerprint density at radius 3 is 2.20 bits per heavy atom. The summed E-state index contributed by atoms with van der Waals surface area (Å²) in [7, 11) is 0. The molecule has 1 aromatic carbocycles. The SMILES string of the molecule is CCCOc1cc(C)c([C@@H](C)O)c(C)c1. The number of aryl methyl sites for hydroxylation is 2. The van der Waals surface area contributed by atoms with Gasteiger partial charge in [0.15, 0.2) is 0 Å². The smallest absolute Gasteiger partial charge is 0.119 e. The fourth-order valence-corrected chi connectivity index (χ4v) is 1.90. The molecule has 0 spiro atoms. The van der Waals surface area contributed by atoms with Crippen molar-refractivity contribution in [2.45, 2.75) is 40.2 Å². The highest BCUT2D eigenvalue weighted by atomic mass is 16.5. The van der Waals surface area contributed by atoms with Crippen LogP contribution < -0.4 is 4.74 Å². The summed E-state index contributed by atoms with van der Waals surface area (Å²) in [6.45, 7) is 8.64. The van der Waals surface area contributed by atoms with E-state index in [0.29, 0.717) is 0 Å². The van der Waals surface area contributed by atoms with Crippen LogP contribution in [-0.2, 0) is 0 Å². The summed E-state index contributed by atoms with van der Waals surface area (Å²) in [4.78, 5) is 0. The van der Waals surface area contributed by atoms with Crippen LogP contribution in [0.25, 0.3) is 0 Å². The molecule has 0 aliphatic rings. The Labute approximate surface area is 91.9 Å².